The van der Waals surface area contributed by atoms with Gasteiger partial charge in [0.15, 0.2) is 5.82 Å². The maximum Gasteiger partial charge on any atom is 0.410 e. The van der Waals surface area contributed by atoms with Crippen LogP contribution in [0.15, 0.2) is 24.5 Å². The molecule has 38 heavy (non-hydrogen) atoms. The van der Waals surface area contributed by atoms with Gasteiger partial charge in [0.05, 0.1) is 18.7 Å². The molecular formula is C26H34FN7O4. The molecule has 0 spiro atoms. The zero-order valence-electron chi connectivity index (χ0n) is 22.8. The first-order chi connectivity index (χ1) is 17.9. The first-order valence-corrected chi connectivity index (χ1v) is 12.6. The van der Waals surface area contributed by atoms with Crippen LogP contribution in [0.1, 0.15) is 51.9 Å². The monoisotopic (exact) mass is 527 g/mol. The molecule has 11 nitrogen and oxygen atoms in total. The highest BCUT2D eigenvalue weighted by Crippen LogP contribution is 2.27. The number of ether oxygens (including phenoxy) is 2. The number of anilines is 2. The molecule has 1 aliphatic rings. The van der Waals surface area contributed by atoms with E-state index in [2.05, 4.69) is 20.4 Å². The molecule has 1 aromatic carbocycles. The summed E-state index contributed by atoms with van der Waals surface area (Å²) in [6.07, 6.45) is 2.71. The third kappa shape index (κ3) is 5.79. The molecule has 0 unspecified atom stereocenters. The van der Waals surface area contributed by atoms with Crippen LogP contribution in [0.5, 0.6) is 5.88 Å². The molecule has 1 aliphatic heterocycles. The predicted octanol–water partition coefficient (Wildman–Crippen LogP) is 3.99. The number of nitrogens with one attached hydrogen (secondary N) is 1. The average molecular weight is 528 g/mol. The molecule has 3 heterocycles. The average Bonchev–Trinajstić information content (AvgIpc) is 3.18. The molecule has 0 radical (unpaired) electrons. The number of aryl methyl sites for hydroxylation is 1. The van der Waals surface area contributed by atoms with Crippen molar-refractivity contribution in [1.82, 2.24) is 24.6 Å². The highest BCUT2D eigenvalue weighted by Gasteiger charge is 2.36. The standard InChI is InChI=1S/C26H34FN7O4/c1-8-37-23-19(22(35)29-18-9-17-14-32(7)31-21(17)20(27)10-18)11-28-24(30-23)33-12-15(2)34(16(3)13-33)25(36)38-26(4,5)6/h9-11,14-16H,8,12-13H2,1-7H3,(H,29,35)/t15-,16+. The van der Waals surface area contributed by atoms with Gasteiger partial charge < -0.3 is 19.7 Å². The molecule has 4 rings (SSSR count). The van der Waals surface area contributed by atoms with Gasteiger partial charge in [-0.05, 0) is 53.7 Å². The topological polar surface area (TPSA) is 115 Å². The Labute approximate surface area is 220 Å². The maximum absolute atomic E-state index is 14.5. The number of halogens is 1. The van der Waals surface area contributed by atoms with Gasteiger partial charge >= 0.3 is 6.09 Å². The molecule has 1 fully saturated rings. The van der Waals surface area contributed by atoms with E-state index in [0.717, 1.165) is 0 Å². The Kier molecular flexibility index (Phi) is 7.43. The minimum Gasteiger partial charge on any atom is -0.477 e. The lowest BCUT2D eigenvalue weighted by atomic mass is 10.1. The summed E-state index contributed by atoms with van der Waals surface area (Å²) in [6, 6.07) is 2.54. The second kappa shape index (κ2) is 10.4. The summed E-state index contributed by atoms with van der Waals surface area (Å²) in [7, 11) is 1.70. The number of carbonyl (C=O) groups excluding carboxylic acids is 2. The van der Waals surface area contributed by atoms with Crippen LogP contribution in [-0.4, -0.2) is 74.0 Å². The molecule has 1 N–H and O–H groups in total. The van der Waals surface area contributed by atoms with Crippen LogP contribution in [-0.2, 0) is 11.8 Å². The first kappa shape index (κ1) is 27.1. The SMILES string of the molecule is CCOc1nc(N2C[C@@H](C)N(C(=O)OC(C)(C)C)[C@@H](C)C2)ncc1C(=O)Nc1cc(F)c2nn(C)cc2c1. The zero-order valence-corrected chi connectivity index (χ0v) is 22.8. The van der Waals surface area contributed by atoms with Crippen molar-refractivity contribution in [3.05, 3.63) is 35.9 Å². The number of fused-ring (bicyclic) bond motifs is 1. The van der Waals surface area contributed by atoms with E-state index in [1.54, 1.807) is 31.1 Å². The van der Waals surface area contributed by atoms with Gasteiger partial charge in [0.2, 0.25) is 11.8 Å². The molecule has 2 amide bonds. The number of nitrogens with zero attached hydrogens (tertiary/aromatic N) is 6. The van der Waals surface area contributed by atoms with E-state index in [-0.39, 0.29) is 47.4 Å². The van der Waals surface area contributed by atoms with E-state index in [0.29, 0.717) is 24.4 Å². The van der Waals surface area contributed by atoms with Gasteiger partial charge in [-0.2, -0.15) is 10.1 Å². The van der Waals surface area contributed by atoms with E-state index in [4.69, 9.17) is 9.47 Å². The molecule has 1 saturated heterocycles. The predicted molar refractivity (Wildman–Crippen MR) is 141 cm³/mol. The fraction of sp³-hybridized carbons (Fsp3) is 0.500. The summed E-state index contributed by atoms with van der Waals surface area (Å²) in [5.74, 6) is -0.564. The van der Waals surface area contributed by atoms with Crippen molar-refractivity contribution in [3.8, 4) is 5.88 Å². The number of carbonyl (C=O) groups is 2. The van der Waals surface area contributed by atoms with Gasteiger partial charge in [0.1, 0.15) is 16.7 Å². The molecule has 204 valence electrons. The molecule has 0 aliphatic carbocycles. The van der Waals surface area contributed by atoms with Gasteiger partial charge in [-0.3, -0.25) is 14.4 Å². The summed E-state index contributed by atoms with van der Waals surface area (Å²) in [5, 5.41) is 7.34. The van der Waals surface area contributed by atoms with Crippen LogP contribution >= 0.6 is 0 Å². The molecular weight excluding hydrogens is 493 g/mol. The Morgan fingerprint density at radius 2 is 1.87 bits per heavy atom. The van der Waals surface area contributed by atoms with Crippen molar-refractivity contribution in [1.29, 1.82) is 0 Å². The Bertz CT molecular complexity index is 1340. The van der Waals surface area contributed by atoms with Gasteiger partial charge in [0, 0.05) is 43.6 Å². The van der Waals surface area contributed by atoms with Crippen LogP contribution < -0.4 is 15.0 Å². The lowest BCUT2D eigenvalue weighted by Crippen LogP contribution is -2.59. The number of hydrogen-bond donors (Lipinski definition) is 1. The molecule has 12 heteroatoms. The van der Waals surface area contributed by atoms with Crippen LogP contribution in [0.3, 0.4) is 0 Å². The number of benzene rings is 1. The molecule has 2 aromatic heterocycles. The van der Waals surface area contributed by atoms with Gasteiger partial charge in [-0.15, -0.1) is 0 Å². The van der Waals surface area contributed by atoms with E-state index in [1.165, 1.54) is 16.9 Å². The lowest BCUT2D eigenvalue weighted by Gasteiger charge is -2.44. The maximum atomic E-state index is 14.5. The van der Waals surface area contributed by atoms with E-state index in [9.17, 15) is 14.0 Å². The minimum atomic E-state index is -0.588. The number of piperazine rings is 1. The Hall–Kier alpha value is -3.96. The summed E-state index contributed by atoms with van der Waals surface area (Å²) < 4.78 is 27.2. The smallest absolute Gasteiger partial charge is 0.410 e. The largest absolute Gasteiger partial charge is 0.477 e. The van der Waals surface area contributed by atoms with Gasteiger partial charge in [0.25, 0.3) is 5.91 Å². The van der Waals surface area contributed by atoms with Gasteiger partial charge in [-0.1, -0.05) is 0 Å². The Morgan fingerprint density at radius 1 is 1.18 bits per heavy atom. The van der Waals surface area contributed by atoms with Crippen LogP contribution in [0, 0.1) is 5.82 Å². The summed E-state index contributed by atoms with van der Waals surface area (Å²) in [6.45, 7) is 12.4. The van der Waals surface area contributed by atoms with Crippen molar-refractivity contribution in [2.45, 2.75) is 59.2 Å². The van der Waals surface area contributed by atoms with Crippen molar-refractivity contribution < 1.29 is 23.5 Å². The second-order valence-electron chi connectivity index (χ2n) is 10.5. The van der Waals surface area contributed by atoms with Crippen molar-refractivity contribution in [2.75, 3.05) is 29.9 Å². The Balaban J connectivity index is 1.53. The molecule has 0 bridgehead atoms. The third-order valence-corrected chi connectivity index (χ3v) is 6.01. The van der Waals surface area contributed by atoms with Crippen LogP contribution in [0.2, 0.25) is 0 Å². The summed E-state index contributed by atoms with van der Waals surface area (Å²) in [5.41, 5.74) is 0.0364. The summed E-state index contributed by atoms with van der Waals surface area (Å²) in [4.78, 5) is 38.5. The van der Waals surface area contributed by atoms with Crippen LogP contribution in [0.25, 0.3) is 10.9 Å². The first-order valence-electron chi connectivity index (χ1n) is 12.6. The molecule has 2 atom stereocenters. The van der Waals surface area contributed by atoms with E-state index < -0.39 is 17.3 Å². The fourth-order valence-corrected chi connectivity index (χ4v) is 4.56. The summed E-state index contributed by atoms with van der Waals surface area (Å²) >= 11 is 0. The zero-order chi connectivity index (χ0) is 27.8. The second-order valence-corrected chi connectivity index (χ2v) is 10.5. The fourth-order valence-electron chi connectivity index (χ4n) is 4.56. The normalized spacial score (nSPS) is 18.0. The van der Waals surface area contributed by atoms with E-state index in [1.807, 2.05) is 39.5 Å². The number of hydrogen-bond acceptors (Lipinski definition) is 8. The van der Waals surface area contributed by atoms with Crippen LogP contribution in [0.4, 0.5) is 20.8 Å². The highest BCUT2D eigenvalue weighted by molar-refractivity contribution is 6.06. The molecule has 3 aromatic rings. The Morgan fingerprint density at radius 3 is 2.50 bits per heavy atom. The minimum absolute atomic E-state index is 0.118. The number of aromatic nitrogens is 4. The molecule has 0 saturated carbocycles. The van der Waals surface area contributed by atoms with Crippen molar-refractivity contribution in [2.24, 2.45) is 7.05 Å². The van der Waals surface area contributed by atoms with Crippen molar-refractivity contribution >= 4 is 34.5 Å². The number of amides is 2. The van der Waals surface area contributed by atoms with Gasteiger partial charge in [-0.25, -0.2) is 14.2 Å². The third-order valence-electron chi connectivity index (χ3n) is 6.01. The van der Waals surface area contributed by atoms with E-state index >= 15 is 0 Å². The quantitative estimate of drug-likeness (QED) is 0.530. The van der Waals surface area contributed by atoms with Crippen molar-refractivity contribution in [3.63, 3.8) is 0 Å². The number of rotatable bonds is 5. The highest BCUT2D eigenvalue weighted by atomic mass is 19.1. The lowest BCUT2D eigenvalue weighted by molar-refractivity contribution is 0.00551.